The molecule has 0 bridgehead atoms. The van der Waals surface area contributed by atoms with Crippen LogP contribution >= 0.6 is 0 Å². The van der Waals surface area contributed by atoms with Gasteiger partial charge in [0.15, 0.2) is 0 Å². The minimum atomic E-state index is -2.63. The molecule has 2 heterocycles. The monoisotopic (exact) mass is 314 g/mol. The van der Waals surface area contributed by atoms with E-state index in [1.54, 1.807) is 0 Å². The van der Waals surface area contributed by atoms with Crippen molar-refractivity contribution in [2.75, 3.05) is 32.7 Å². The second kappa shape index (κ2) is 6.81. The molecule has 5 heteroatoms. The molecule has 126 valence electrons. The second-order valence-corrected chi connectivity index (χ2v) is 7.45. The summed E-state index contributed by atoms with van der Waals surface area (Å²) in [6.07, 6.45) is 5.77. The highest BCUT2D eigenvalue weighted by Gasteiger charge is 2.41. The summed E-state index contributed by atoms with van der Waals surface area (Å²) in [4.78, 5) is 16.9. The number of carbonyl (C=O) groups is 1. The average molecular weight is 314 g/mol. The first kappa shape index (κ1) is 16.2. The smallest absolute Gasteiger partial charge is 0.248 e. The number of hydrogen-bond acceptors (Lipinski definition) is 2. The molecule has 0 aromatic heterocycles. The van der Waals surface area contributed by atoms with Gasteiger partial charge < -0.3 is 9.80 Å². The van der Waals surface area contributed by atoms with Crippen molar-refractivity contribution in [2.24, 2.45) is 11.8 Å². The Hall–Kier alpha value is -0.710. The fourth-order valence-electron chi connectivity index (χ4n) is 4.33. The summed E-state index contributed by atoms with van der Waals surface area (Å²) in [7, 11) is 0. The van der Waals surface area contributed by atoms with Gasteiger partial charge in [-0.25, -0.2) is 8.78 Å². The molecule has 1 amide bonds. The molecular weight excluding hydrogens is 286 g/mol. The van der Waals surface area contributed by atoms with Crippen LogP contribution in [0.5, 0.6) is 0 Å². The molecule has 3 rings (SSSR count). The Bertz CT molecular complexity index is 396. The van der Waals surface area contributed by atoms with Crippen molar-refractivity contribution >= 4 is 5.91 Å². The van der Waals surface area contributed by atoms with Gasteiger partial charge in [0.2, 0.25) is 11.8 Å². The van der Waals surface area contributed by atoms with Gasteiger partial charge in [-0.05, 0) is 51.1 Å². The maximum absolute atomic E-state index is 13.5. The Labute approximate surface area is 132 Å². The van der Waals surface area contributed by atoms with Crippen LogP contribution in [0.1, 0.15) is 51.4 Å². The van der Waals surface area contributed by atoms with Crippen molar-refractivity contribution in [3.05, 3.63) is 0 Å². The van der Waals surface area contributed by atoms with E-state index in [-0.39, 0.29) is 18.7 Å². The van der Waals surface area contributed by atoms with E-state index in [0.717, 1.165) is 26.1 Å². The summed E-state index contributed by atoms with van der Waals surface area (Å²) < 4.78 is 27.0. The van der Waals surface area contributed by atoms with Gasteiger partial charge >= 0.3 is 0 Å². The molecule has 3 aliphatic rings. The van der Waals surface area contributed by atoms with Crippen LogP contribution in [-0.2, 0) is 4.79 Å². The lowest BCUT2D eigenvalue weighted by atomic mass is 9.85. The zero-order valence-electron chi connectivity index (χ0n) is 13.4. The fraction of sp³-hybridized carbons (Fsp3) is 0.941. The third kappa shape index (κ3) is 3.98. The summed E-state index contributed by atoms with van der Waals surface area (Å²) in [5.41, 5.74) is 0. The van der Waals surface area contributed by atoms with Crippen molar-refractivity contribution in [1.82, 2.24) is 9.80 Å². The summed E-state index contributed by atoms with van der Waals surface area (Å²) >= 11 is 0. The quantitative estimate of drug-likeness (QED) is 0.799. The predicted octanol–water partition coefficient (Wildman–Crippen LogP) is 3.15. The molecule has 0 spiro atoms. The van der Waals surface area contributed by atoms with E-state index in [2.05, 4.69) is 4.90 Å². The fourth-order valence-corrected chi connectivity index (χ4v) is 4.33. The number of nitrogens with zero attached hydrogens (tertiary/aromatic N) is 2. The van der Waals surface area contributed by atoms with Gasteiger partial charge in [-0.2, -0.15) is 0 Å². The van der Waals surface area contributed by atoms with Gasteiger partial charge in [0, 0.05) is 38.4 Å². The van der Waals surface area contributed by atoms with Crippen LogP contribution < -0.4 is 0 Å². The molecule has 1 aliphatic carbocycles. The third-order valence-corrected chi connectivity index (χ3v) is 5.55. The molecule has 3 nitrogen and oxygen atoms in total. The SMILES string of the molecule is O=C([C@H]1CCCC(F)(F)C1)N1CC[C@@H](CN2CCCCC2)C1. The van der Waals surface area contributed by atoms with E-state index in [1.807, 2.05) is 4.90 Å². The highest BCUT2D eigenvalue weighted by Crippen LogP contribution is 2.38. The number of amides is 1. The van der Waals surface area contributed by atoms with E-state index in [1.165, 1.54) is 32.4 Å². The lowest BCUT2D eigenvalue weighted by molar-refractivity contribution is -0.141. The topological polar surface area (TPSA) is 23.6 Å². The lowest BCUT2D eigenvalue weighted by Gasteiger charge is -2.31. The molecular formula is C17H28F2N2O. The summed E-state index contributed by atoms with van der Waals surface area (Å²) in [6.45, 7) is 4.97. The number of halogens is 2. The number of piperidine rings is 1. The number of carbonyl (C=O) groups excluding carboxylic acids is 1. The van der Waals surface area contributed by atoms with Crippen molar-refractivity contribution in [1.29, 1.82) is 0 Å². The van der Waals surface area contributed by atoms with Crippen molar-refractivity contribution in [3.63, 3.8) is 0 Å². The molecule has 0 radical (unpaired) electrons. The normalized spacial score (nSPS) is 33.1. The third-order valence-electron chi connectivity index (χ3n) is 5.55. The highest BCUT2D eigenvalue weighted by molar-refractivity contribution is 5.79. The van der Waals surface area contributed by atoms with Gasteiger partial charge in [0.1, 0.15) is 0 Å². The number of likely N-dealkylation sites (tertiary alicyclic amines) is 2. The Morgan fingerprint density at radius 2 is 1.82 bits per heavy atom. The Morgan fingerprint density at radius 3 is 2.55 bits per heavy atom. The van der Waals surface area contributed by atoms with Gasteiger partial charge in [0.05, 0.1) is 0 Å². The molecule has 1 saturated carbocycles. The number of hydrogen-bond donors (Lipinski definition) is 0. The molecule has 3 fully saturated rings. The molecule has 22 heavy (non-hydrogen) atoms. The number of rotatable bonds is 3. The summed E-state index contributed by atoms with van der Waals surface area (Å²) in [5, 5.41) is 0. The van der Waals surface area contributed by atoms with Gasteiger partial charge in [-0.15, -0.1) is 0 Å². The van der Waals surface area contributed by atoms with Crippen LogP contribution in [0.4, 0.5) is 8.78 Å². The van der Waals surface area contributed by atoms with Crippen LogP contribution in [0.25, 0.3) is 0 Å². The largest absolute Gasteiger partial charge is 0.342 e. The Morgan fingerprint density at radius 1 is 1.05 bits per heavy atom. The minimum Gasteiger partial charge on any atom is -0.342 e. The van der Waals surface area contributed by atoms with Crippen LogP contribution in [0, 0.1) is 11.8 Å². The van der Waals surface area contributed by atoms with Crippen molar-refractivity contribution in [3.8, 4) is 0 Å². The maximum atomic E-state index is 13.5. The molecule has 2 saturated heterocycles. The van der Waals surface area contributed by atoms with E-state index >= 15 is 0 Å². The van der Waals surface area contributed by atoms with Crippen molar-refractivity contribution in [2.45, 2.75) is 57.3 Å². The second-order valence-electron chi connectivity index (χ2n) is 7.45. The van der Waals surface area contributed by atoms with E-state index in [4.69, 9.17) is 0 Å². The highest BCUT2D eigenvalue weighted by atomic mass is 19.3. The van der Waals surface area contributed by atoms with Crippen LogP contribution in [-0.4, -0.2) is 54.4 Å². The van der Waals surface area contributed by atoms with E-state index in [0.29, 0.717) is 18.8 Å². The Kier molecular flexibility index (Phi) is 5.00. The number of alkyl halides is 2. The molecule has 0 aromatic carbocycles. The van der Waals surface area contributed by atoms with Crippen LogP contribution in [0.15, 0.2) is 0 Å². The van der Waals surface area contributed by atoms with Gasteiger partial charge in [-0.3, -0.25) is 4.79 Å². The summed E-state index contributed by atoms with van der Waals surface area (Å²) in [6, 6.07) is 0. The zero-order valence-corrected chi connectivity index (χ0v) is 13.4. The standard InChI is InChI=1S/C17H28F2N2O/c18-17(19)7-4-5-15(11-17)16(22)21-10-6-14(13-21)12-20-8-2-1-3-9-20/h14-15H,1-13H2/t14-,15-/m0/s1. The first-order valence-electron chi connectivity index (χ1n) is 8.92. The molecule has 2 atom stereocenters. The predicted molar refractivity (Wildman–Crippen MR) is 81.9 cm³/mol. The lowest BCUT2D eigenvalue weighted by Crippen LogP contribution is -2.40. The zero-order chi connectivity index (χ0) is 15.6. The Balaban J connectivity index is 1.48. The van der Waals surface area contributed by atoms with E-state index < -0.39 is 11.8 Å². The molecule has 2 aliphatic heterocycles. The van der Waals surface area contributed by atoms with Crippen molar-refractivity contribution < 1.29 is 13.6 Å². The average Bonchev–Trinajstić information content (AvgIpc) is 2.95. The van der Waals surface area contributed by atoms with Crippen LogP contribution in [0.2, 0.25) is 0 Å². The molecule has 0 N–H and O–H groups in total. The summed E-state index contributed by atoms with van der Waals surface area (Å²) in [5.74, 6) is -2.56. The van der Waals surface area contributed by atoms with E-state index in [9.17, 15) is 13.6 Å². The van der Waals surface area contributed by atoms with Gasteiger partial charge in [0.25, 0.3) is 0 Å². The molecule has 0 aromatic rings. The first-order valence-corrected chi connectivity index (χ1v) is 8.92. The maximum Gasteiger partial charge on any atom is 0.248 e. The van der Waals surface area contributed by atoms with Gasteiger partial charge in [-0.1, -0.05) is 6.42 Å². The molecule has 0 unspecified atom stereocenters. The minimum absolute atomic E-state index is 0.0134. The van der Waals surface area contributed by atoms with Crippen LogP contribution in [0.3, 0.4) is 0 Å². The first-order chi connectivity index (χ1) is 10.5.